The van der Waals surface area contributed by atoms with Crippen LogP contribution < -0.4 is 15.0 Å². The highest BCUT2D eigenvalue weighted by atomic mass is 19.4. The predicted molar refractivity (Wildman–Crippen MR) is 146 cm³/mol. The van der Waals surface area contributed by atoms with Crippen molar-refractivity contribution < 1.29 is 50.9 Å². The van der Waals surface area contributed by atoms with E-state index in [1.807, 2.05) is 30.3 Å². The van der Waals surface area contributed by atoms with Crippen LogP contribution in [0.5, 0.6) is 5.75 Å². The third kappa shape index (κ3) is 8.41. The topological polar surface area (TPSA) is 102 Å². The van der Waals surface area contributed by atoms with Crippen molar-refractivity contribution in [2.75, 3.05) is 31.1 Å². The Bertz CT molecular complexity index is 1410. The van der Waals surface area contributed by atoms with Gasteiger partial charge in [0.15, 0.2) is 12.2 Å². The molecule has 1 saturated heterocycles. The van der Waals surface area contributed by atoms with Gasteiger partial charge in [0.1, 0.15) is 12.4 Å². The van der Waals surface area contributed by atoms with Crippen molar-refractivity contribution in [2.45, 2.75) is 37.7 Å². The van der Waals surface area contributed by atoms with Gasteiger partial charge >= 0.3 is 12.4 Å². The lowest BCUT2D eigenvalue weighted by atomic mass is 10.1. The van der Waals surface area contributed by atoms with E-state index in [1.165, 1.54) is 23.1 Å². The quantitative estimate of drug-likeness (QED) is 0.311. The summed E-state index contributed by atoms with van der Waals surface area (Å²) in [5.74, 6) is -1.73. The molecular weight excluding hydrogens is 596 g/mol. The fourth-order valence-corrected chi connectivity index (χ4v) is 4.60. The van der Waals surface area contributed by atoms with E-state index in [0.29, 0.717) is 30.8 Å². The normalized spacial score (nSPS) is 15.5. The predicted octanol–water partition coefficient (Wildman–Crippen LogP) is 3.99. The van der Waals surface area contributed by atoms with Gasteiger partial charge in [0.25, 0.3) is 11.8 Å². The van der Waals surface area contributed by atoms with Crippen LogP contribution in [0, 0.1) is 0 Å². The zero-order valence-electron chi connectivity index (χ0n) is 23.1. The van der Waals surface area contributed by atoms with Crippen LogP contribution in [-0.2, 0) is 35.1 Å². The lowest BCUT2D eigenvalue weighted by Gasteiger charge is -2.37. The van der Waals surface area contributed by atoms with Crippen LogP contribution in [0.25, 0.3) is 0 Å². The zero-order valence-corrected chi connectivity index (χ0v) is 23.1. The molecule has 3 N–H and O–H groups in total. The Balaban J connectivity index is 1.30. The van der Waals surface area contributed by atoms with Gasteiger partial charge < -0.3 is 30.1 Å². The molecule has 2 atom stereocenters. The van der Waals surface area contributed by atoms with Crippen LogP contribution in [-0.4, -0.2) is 65.3 Å². The largest absolute Gasteiger partial charge is 0.489 e. The number of rotatable bonds is 9. The average molecular weight is 626 g/mol. The first-order chi connectivity index (χ1) is 20.7. The van der Waals surface area contributed by atoms with Gasteiger partial charge in [-0.25, -0.2) is 0 Å². The van der Waals surface area contributed by atoms with Crippen molar-refractivity contribution >= 4 is 17.5 Å². The van der Waals surface area contributed by atoms with Gasteiger partial charge in [-0.15, -0.1) is 0 Å². The molecule has 236 valence electrons. The van der Waals surface area contributed by atoms with E-state index in [4.69, 9.17) is 4.74 Å². The number of benzene rings is 3. The van der Waals surface area contributed by atoms with Crippen LogP contribution in [0.15, 0.2) is 72.8 Å². The molecule has 3 aromatic rings. The number of aliphatic hydroxyl groups is 2. The van der Waals surface area contributed by atoms with Gasteiger partial charge in [-0.05, 0) is 53.6 Å². The van der Waals surface area contributed by atoms with Crippen molar-refractivity contribution in [3.05, 3.63) is 95.1 Å². The van der Waals surface area contributed by atoms with Crippen LogP contribution in [0.3, 0.4) is 0 Å². The summed E-state index contributed by atoms with van der Waals surface area (Å²) in [5.41, 5.74) is -1.89. The maximum absolute atomic E-state index is 13.1. The van der Waals surface area contributed by atoms with E-state index >= 15 is 0 Å². The number of anilines is 1. The number of ether oxygens (including phenoxy) is 1. The Kier molecular flexibility index (Phi) is 10.0. The number of carbonyl (C=O) groups is 2. The van der Waals surface area contributed by atoms with Gasteiger partial charge in [-0.2, -0.15) is 26.3 Å². The Morgan fingerprint density at radius 1 is 0.773 bits per heavy atom. The van der Waals surface area contributed by atoms with Crippen molar-refractivity contribution in [1.29, 1.82) is 0 Å². The highest BCUT2D eigenvalue weighted by Crippen LogP contribution is 2.36. The number of alkyl halides is 6. The number of nitrogens with zero attached hydrogens (tertiary/aromatic N) is 2. The van der Waals surface area contributed by atoms with E-state index in [9.17, 15) is 46.1 Å². The molecule has 0 saturated carbocycles. The maximum atomic E-state index is 13.1. The molecule has 1 aliphatic rings. The summed E-state index contributed by atoms with van der Waals surface area (Å²) in [4.78, 5) is 28.6. The molecule has 44 heavy (non-hydrogen) atoms. The number of piperazine rings is 1. The van der Waals surface area contributed by atoms with Gasteiger partial charge in [0, 0.05) is 38.4 Å². The van der Waals surface area contributed by atoms with Crippen molar-refractivity contribution in [1.82, 2.24) is 10.2 Å². The maximum Gasteiger partial charge on any atom is 0.416 e. The zero-order chi connectivity index (χ0) is 32.1. The van der Waals surface area contributed by atoms with Gasteiger partial charge in [-0.1, -0.05) is 30.3 Å². The third-order valence-corrected chi connectivity index (χ3v) is 6.95. The number of hydrogen-bond acceptors (Lipinski definition) is 6. The Morgan fingerprint density at radius 2 is 1.39 bits per heavy atom. The molecule has 2 amide bonds. The molecule has 8 nitrogen and oxygen atoms in total. The van der Waals surface area contributed by atoms with Crippen molar-refractivity contribution in [2.24, 2.45) is 0 Å². The minimum Gasteiger partial charge on any atom is -0.489 e. The molecule has 1 aliphatic heterocycles. The molecule has 4 rings (SSSR count). The number of para-hydroxylation sites is 1. The van der Waals surface area contributed by atoms with Crippen molar-refractivity contribution in [3.8, 4) is 5.75 Å². The molecule has 2 unspecified atom stereocenters. The molecule has 1 fully saturated rings. The molecule has 14 heteroatoms. The summed E-state index contributed by atoms with van der Waals surface area (Å²) in [6.07, 6.45) is -14.0. The van der Waals surface area contributed by atoms with Gasteiger partial charge in [0.2, 0.25) is 0 Å². The fraction of sp³-hybridized carbons (Fsp3) is 0.333. The molecule has 0 aromatic heterocycles. The summed E-state index contributed by atoms with van der Waals surface area (Å²) in [6, 6.07) is 16.5. The number of halogens is 6. The molecule has 1 heterocycles. The van der Waals surface area contributed by atoms with Crippen LogP contribution in [0.4, 0.5) is 32.0 Å². The smallest absolute Gasteiger partial charge is 0.416 e. The Morgan fingerprint density at radius 3 is 1.98 bits per heavy atom. The second-order valence-corrected chi connectivity index (χ2v) is 10.1. The number of nitrogens with one attached hydrogen (secondary N) is 1. The van der Waals surface area contributed by atoms with E-state index < -0.39 is 54.1 Å². The second kappa shape index (κ2) is 13.6. The third-order valence-electron chi connectivity index (χ3n) is 6.95. The fourth-order valence-electron chi connectivity index (χ4n) is 4.60. The van der Waals surface area contributed by atoms with E-state index in [-0.39, 0.29) is 37.0 Å². The van der Waals surface area contributed by atoms with Crippen LogP contribution in [0.1, 0.15) is 22.3 Å². The summed E-state index contributed by atoms with van der Waals surface area (Å²) >= 11 is 0. The van der Waals surface area contributed by atoms with Crippen LogP contribution >= 0.6 is 0 Å². The van der Waals surface area contributed by atoms with E-state index in [2.05, 4.69) is 10.2 Å². The highest BCUT2D eigenvalue weighted by molar-refractivity contribution is 5.90. The first-order valence-electron chi connectivity index (χ1n) is 13.4. The summed E-state index contributed by atoms with van der Waals surface area (Å²) < 4.78 is 84.1. The number of carbonyl (C=O) groups excluding carboxylic acids is 2. The minimum absolute atomic E-state index is 0.0255. The highest BCUT2D eigenvalue weighted by Gasteiger charge is 2.37. The number of aliphatic hydroxyl groups excluding tert-OH is 2. The molecule has 0 spiro atoms. The molecular formula is C30H29F6N3O5. The molecule has 0 aliphatic carbocycles. The Hall–Kier alpha value is -4.30. The summed E-state index contributed by atoms with van der Waals surface area (Å²) in [5, 5.41) is 23.1. The average Bonchev–Trinajstić information content (AvgIpc) is 3.01. The number of hydrogen-bond donors (Lipinski definition) is 3. The van der Waals surface area contributed by atoms with Crippen LogP contribution in [0.2, 0.25) is 0 Å². The monoisotopic (exact) mass is 625 g/mol. The van der Waals surface area contributed by atoms with Crippen molar-refractivity contribution in [3.63, 3.8) is 0 Å². The number of amides is 2. The molecule has 3 aromatic carbocycles. The molecule has 0 radical (unpaired) electrons. The SMILES string of the molecule is O=C(NCc1cccc(OCc2cc(C(F)(F)F)cc(C(F)(F)F)c2)c1)C(O)C(O)C(=O)N1CCN(c2ccccc2)CC1. The summed E-state index contributed by atoms with van der Waals surface area (Å²) in [6.45, 7) is 0.774. The van der Waals surface area contributed by atoms with E-state index in [0.717, 1.165) is 5.69 Å². The minimum atomic E-state index is -4.99. The van der Waals surface area contributed by atoms with E-state index in [1.54, 1.807) is 6.07 Å². The lowest BCUT2D eigenvalue weighted by Crippen LogP contribution is -2.55. The lowest BCUT2D eigenvalue weighted by molar-refractivity contribution is -0.153. The van der Waals surface area contributed by atoms with Gasteiger partial charge in [-0.3, -0.25) is 9.59 Å². The first-order valence-corrected chi connectivity index (χ1v) is 13.4. The second-order valence-electron chi connectivity index (χ2n) is 10.1. The standard InChI is InChI=1S/C30H29F6N3O5/c31-29(32,33)21-13-20(14-22(16-21)30(34,35)36)18-44-24-8-4-5-19(15-24)17-37-27(42)25(40)26(41)28(43)39-11-9-38(10-12-39)23-6-2-1-3-7-23/h1-8,13-16,25-26,40-41H,9-12,17-18H2,(H,37,42). The molecule has 0 bridgehead atoms. The summed E-state index contributed by atoms with van der Waals surface area (Å²) in [7, 11) is 0. The first kappa shape index (κ1) is 32.6. The van der Waals surface area contributed by atoms with Gasteiger partial charge in [0.05, 0.1) is 11.1 Å². The Labute approximate surface area is 248 Å².